The van der Waals surface area contributed by atoms with Crippen molar-refractivity contribution in [2.45, 2.75) is 29.6 Å². The van der Waals surface area contributed by atoms with E-state index in [2.05, 4.69) is 22.6 Å². The van der Waals surface area contributed by atoms with Crippen molar-refractivity contribution in [3.05, 3.63) is 0 Å². The van der Waals surface area contributed by atoms with Crippen molar-refractivity contribution in [2.75, 3.05) is 14.2 Å². The number of ether oxygens (including phenoxy) is 2. The first-order valence-corrected chi connectivity index (χ1v) is 7.02. The molecule has 2 saturated carbocycles. The van der Waals surface area contributed by atoms with Crippen molar-refractivity contribution < 1.29 is 23.9 Å². The molecule has 2 aliphatic carbocycles. The van der Waals surface area contributed by atoms with Gasteiger partial charge in [-0.1, -0.05) is 22.6 Å². The number of rotatable bonds is 2. The Hall–Kier alpha value is -0.660. The van der Waals surface area contributed by atoms with Crippen LogP contribution in [0.2, 0.25) is 0 Å². The number of carbonyl (C=O) groups is 3. The van der Waals surface area contributed by atoms with Crippen LogP contribution in [0.15, 0.2) is 0 Å². The lowest BCUT2D eigenvalue weighted by atomic mass is 9.79. The fraction of sp³-hybridized carbons (Fsp3) is 0.750. The third-order valence-electron chi connectivity index (χ3n) is 4.22. The molecule has 2 rings (SSSR count). The average molecular weight is 366 g/mol. The molecule has 0 aromatic rings. The predicted octanol–water partition coefficient (Wildman–Crippen LogP) is 1.27. The van der Waals surface area contributed by atoms with Crippen LogP contribution in [0.4, 0.5) is 0 Å². The smallest absolute Gasteiger partial charge is 0.323 e. The van der Waals surface area contributed by atoms with Crippen LogP contribution in [-0.4, -0.2) is 35.9 Å². The summed E-state index contributed by atoms with van der Waals surface area (Å²) in [6, 6.07) is 0. The van der Waals surface area contributed by atoms with Gasteiger partial charge in [-0.3, -0.25) is 14.4 Å². The Morgan fingerprint density at radius 1 is 1.28 bits per heavy atom. The van der Waals surface area contributed by atoms with Crippen LogP contribution >= 0.6 is 22.6 Å². The second-order valence-electron chi connectivity index (χ2n) is 4.98. The van der Waals surface area contributed by atoms with Gasteiger partial charge in [0, 0.05) is 11.8 Å². The quantitative estimate of drug-likeness (QED) is 0.319. The molecule has 1 spiro atoms. The standard InChI is InChI=1S/C12H15IO5/c1-17-9(15)12(10(16)18-2)6-11(12)4-3-8(14)7(13)5-11/h7H,3-6H2,1-2H3/t7?,11-/m1/s1. The minimum absolute atomic E-state index is 0.132. The molecule has 2 fully saturated rings. The van der Waals surface area contributed by atoms with E-state index in [0.29, 0.717) is 25.7 Å². The van der Waals surface area contributed by atoms with Crippen LogP contribution in [0.1, 0.15) is 25.7 Å². The molecule has 1 unspecified atom stereocenters. The van der Waals surface area contributed by atoms with Gasteiger partial charge in [-0.2, -0.15) is 0 Å². The van der Waals surface area contributed by atoms with Gasteiger partial charge < -0.3 is 9.47 Å². The van der Waals surface area contributed by atoms with E-state index in [4.69, 9.17) is 9.47 Å². The van der Waals surface area contributed by atoms with Crippen molar-refractivity contribution in [2.24, 2.45) is 10.8 Å². The zero-order valence-electron chi connectivity index (χ0n) is 10.3. The van der Waals surface area contributed by atoms with Gasteiger partial charge in [0.2, 0.25) is 0 Å². The zero-order chi connectivity index (χ0) is 13.6. The summed E-state index contributed by atoms with van der Waals surface area (Å²) >= 11 is 2.08. The Morgan fingerprint density at radius 3 is 2.28 bits per heavy atom. The van der Waals surface area contributed by atoms with Crippen LogP contribution in [0, 0.1) is 10.8 Å². The molecule has 0 amide bonds. The minimum atomic E-state index is -1.18. The van der Waals surface area contributed by atoms with Crippen molar-refractivity contribution in [1.82, 2.24) is 0 Å². The molecule has 0 saturated heterocycles. The Balaban J connectivity index is 2.29. The van der Waals surface area contributed by atoms with Crippen LogP contribution in [0.3, 0.4) is 0 Å². The molecule has 0 aromatic carbocycles. The monoisotopic (exact) mass is 366 g/mol. The van der Waals surface area contributed by atoms with Gasteiger partial charge in [0.05, 0.1) is 18.1 Å². The molecule has 18 heavy (non-hydrogen) atoms. The summed E-state index contributed by atoms with van der Waals surface area (Å²) in [4.78, 5) is 35.5. The number of halogens is 1. The minimum Gasteiger partial charge on any atom is -0.468 e. The second kappa shape index (κ2) is 4.47. The van der Waals surface area contributed by atoms with Gasteiger partial charge >= 0.3 is 11.9 Å². The van der Waals surface area contributed by atoms with Gasteiger partial charge in [0.1, 0.15) is 5.78 Å². The molecule has 5 nitrogen and oxygen atoms in total. The van der Waals surface area contributed by atoms with Crippen LogP contribution in [0.5, 0.6) is 0 Å². The lowest BCUT2D eigenvalue weighted by molar-refractivity contribution is -0.164. The number of hydrogen-bond donors (Lipinski definition) is 0. The van der Waals surface area contributed by atoms with Crippen LogP contribution in [0.25, 0.3) is 0 Å². The molecule has 2 atom stereocenters. The van der Waals surface area contributed by atoms with Gasteiger partial charge in [-0.05, 0) is 19.3 Å². The van der Waals surface area contributed by atoms with E-state index in [9.17, 15) is 14.4 Å². The highest BCUT2D eigenvalue weighted by atomic mass is 127. The molecule has 100 valence electrons. The molecule has 0 radical (unpaired) electrons. The van der Waals surface area contributed by atoms with Crippen LogP contribution in [-0.2, 0) is 23.9 Å². The van der Waals surface area contributed by atoms with E-state index in [-0.39, 0.29) is 9.71 Å². The predicted molar refractivity (Wildman–Crippen MR) is 70.2 cm³/mol. The van der Waals surface area contributed by atoms with Gasteiger partial charge in [0.25, 0.3) is 0 Å². The van der Waals surface area contributed by atoms with E-state index in [1.807, 2.05) is 0 Å². The lowest BCUT2D eigenvalue weighted by Gasteiger charge is -2.28. The fourth-order valence-corrected chi connectivity index (χ4v) is 4.25. The number of methoxy groups -OCH3 is 2. The first kappa shape index (κ1) is 13.8. The average Bonchev–Trinajstić information content (AvgIpc) is 3.02. The molecule has 6 heteroatoms. The number of hydrogen-bond acceptors (Lipinski definition) is 5. The van der Waals surface area contributed by atoms with Gasteiger partial charge in [-0.25, -0.2) is 0 Å². The van der Waals surface area contributed by atoms with Crippen molar-refractivity contribution in [3.63, 3.8) is 0 Å². The third kappa shape index (κ3) is 1.68. The van der Waals surface area contributed by atoms with E-state index in [1.165, 1.54) is 14.2 Å². The van der Waals surface area contributed by atoms with Crippen molar-refractivity contribution in [3.8, 4) is 0 Å². The number of ketones is 1. The zero-order valence-corrected chi connectivity index (χ0v) is 12.5. The fourth-order valence-electron chi connectivity index (χ4n) is 3.10. The Bertz CT molecular complexity index is 403. The largest absolute Gasteiger partial charge is 0.468 e. The highest BCUT2D eigenvalue weighted by molar-refractivity contribution is 14.1. The molecule has 0 bridgehead atoms. The maximum Gasteiger partial charge on any atom is 0.323 e. The lowest BCUT2D eigenvalue weighted by Crippen LogP contribution is -2.38. The van der Waals surface area contributed by atoms with Crippen molar-refractivity contribution in [1.29, 1.82) is 0 Å². The summed E-state index contributed by atoms with van der Waals surface area (Å²) < 4.78 is 9.39. The second-order valence-corrected chi connectivity index (χ2v) is 6.49. The maximum absolute atomic E-state index is 11.9. The molecular formula is C12H15IO5. The highest BCUT2D eigenvalue weighted by Gasteiger charge is 2.78. The van der Waals surface area contributed by atoms with E-state index in [0.717, 1.165) is 0 Å². The number of carbonyl (C=O) groups excluding carboxylic acids is 3. The third-order valence-corrected chi connectivity index (χ3v) is 5.36. The summed E-state index contributed by atoms with van der Waals surface area (Å²) in [6.45, 7) is 0. The highest BCUT2D eigenvalue weighted by Crippen LogP contribution is 2.71. The van der Waals surface area contributed by atoms with E-state index >= 15 is 0 Å². The number of esters is 2. The molecule has 0 heterocycles. The molecule has 0 aromatic heterocycles. The topological polar surface area (TPSA) is 69.7 Å². The summed E-state index contributed by atoms with van der Waals surface area (Å²) in [5.41, 5.74) is -1.62. The van der Waals surface area contributed by atoms with Gasteiger partial charge in [-0.15, -0.1) is 0 Å². The number of alkyl halides is 1. The van der Waals surface area contributed by atoms with Crippen LogP contribution < -0.4 is 0 Å². The molecular weight excluding hydrogens is 351 g/mol. The van der Waals surface area contributed by atoms with E-state index in [1.54, 1.807) is 0 Å². The summed E-state index contributed by atoms with van der Waals surface area (Å²) in [5.74, 6) is -0.878. The Labute approximate surface area is 119 Å². The Morgan fingerprint density at radius 2 is 1.83 bits per heavy atom. The van der Waals surface area contributed by atoms with E-state index < -0.39 is 22.8 Å². The SMILES string of the molecule is COC(=O)C1(C(=O)OC)C[C@]12CCC(=O)C(I)C2. The Kier molecular flexibility index (Phi) is 3.42. The van der Waals surface area contributed by atoms with Crippen molar-refractivity contribution >= 4 is 40.3 Å². The first-order valence-electron chi connectivity index (χ1n) is 5.77. The molecule has 0 aliphatic heterocycles. The summed E-state index contributed by atoms with van der Waals surface area (Å²) in [5, 5.41) is 0. The molecule has 2 aliphatic rings. The summed E-state index contributed by atoms with van der Waals surface area (Å²) in [6.07, 6.45) is 1.97. The summed E-state index contributed by atoms with van der Waals surface area (Å²) in [7, 11) is 2.54. The normalized spacial score (nSPS) is 33.1. The first-order chi connectivity index (χ1) is 8.43. The van der Waals surface area contributed by atoms with Gasteiger partial charge in [0.15, 0.2) is 5.41 Å². The molecule has 0 N–H and O–H groups in total. The maximum atomic E-state index is 11.9. The number of Topliss-reactive ketones (excluding diaryl/α,β-unsaturated/α-hetero) is 1.